The molecule has 0 spiro atoms. The number of amides is 1. The molecule has 1 aliphatic heterocycles. The minimum Gasteiger partial charge on any atom is -0.375 e. The summed E-state index contributed by atoms with van der Waals surface area (Å²) >= 11 is 1.64. The van der Waals surface area contributed by atoms with Crippen molar-refractivity contribution in [2.24, 2.45) is 0 Å². The van der Waals surface area contributed by atoms with Gasteiger partial charge in [0.05, 0.1) is 27.4 Å². The van der Waals surface area contributed by atoms with Crippen LogP contribution in [0.4, 0.5) is 0 Å². The molecule has 0 saturated carbocycles. The Morgan fingerprint density at radius 2 is 2.32 bits per heavy atom. The van der Waals surface area contributed by atoms with Crippen LogP contribution in [0.15, 0.2) is 18.2 Å². The monoisotopic (exact) mass is 319 g/mol. The molecule has 1 N–H and O–H groups in total. The third-order valence-corrected chi connectivity index (χ3v) is 4.85. The van der Waals surface area contributed by atoms with Crippen LogP contribution in [0.25, 0.3) is 10.2 Å². The van der Waals surface area contributed by atoms with Crippen LogP contribution in [-0.2, 0) is 4.74 Å². The fraction of sp³-hybridized carbons (Fsp3) is 0.500. The van der Waals surface area contributed by atoms with Crippen molar-refractivity contribution in [2.45, 2.75) is 26.0 Å². The summed E-state index contributed by atoms with van der Waals surface area (Å²) in [7, 11) is 2.04. The number of ether oxygens (including phenoxy) is 1. The predicted molar refractivity (Wildman–Crippen MR) is 88.5 cm³/mol. The van der Waals surface area contributed by atoms with Crippen LogP contribution in [0, 0.1) is 6.92 Å². The first-order valence-corrected chi connectivity index (χ1v) is 8.36. The third kappa shape index (κ3) is 3.14. The molecule has 1 aromatic heterocycles. The van der Waals surface area contributed by atoms with Crippen molar-refractivity contribution in [1.82, 2.24) is 15.2 Å². The lowest BCUT2D eigenvalue weighted by atomic mass is 10.1. The van der Waals surface area contributed by atoms with E-state index in [4.69, 9.17) is 4.74 Å². The maximum Gasteiger partial charge on any atom is 0.251 e. The SMILES string of the molecule is CCO[C@H]1CN(C)C[C@@H]1NC(=O)c1ccc2sc(C)nc2c1. The summed E-state index contributed by atoms with van der Waals surface area (Å²) in [6.45, 7) is 6.29. The molecule has 0 unspecified atom stereocenters. The number of carbonyl (C=O) groups is 1. The van der Waals surface area contributed by atoms with E-state index in [1.807, 2.05) is 39.1 Å². The standard InChI is InChI=1S/C16H21N3O2S/c1-4-21-14-9-19(3)8-13(14)18-16(20)11-5-6-15-12(7-11)17-10(2)22-15/h5-7,13-14H,4,8-9H2,1-3H3,(H,18,20)/t13-,14-/m0/s1. The molecule has 0 aliphatic carbocycles. The van der Waals surface area contributed by atoms with Crippen molar-refractivity contribution >= 4 is 27.5 Å². The van der Waals surface area contributed by atoms with Gasteiger partial charge in [-0.05, 0) is 39.1 Å². The van der Waals surface area contributed by atoms with Crippen LogP contribution < -0.4 is 5.32 Å². The van der Waals surface area contributed by atoms with Crippen LogP contribution in [-0.4, -0.2) is 54.7 Å². The van der Waals surface area contributed by atoms with Crippen LogP contribution in [0.1, 0.15) is 22.3 Å². The molecule has 22 heavy (non-hydrogen) atoms. The second-order valence-electron chi connectivity index (χ2n) is 5.71. The molecule has 2 atom stereocenters. The van der Waals surface area contributed by atoms with E-state index in [1.165, 1.54) is 0 Å². The van der Waals surface area contributed by atoms with Crippen LogP contribution in [0.3, 0.4) is 0 Å². The lowest BCUT2D eigenvalue weighted by Gasteiger charge is -2.19. The van der Waals surface area contributed by atoms with Gasteiger partial charge in [0.1, 0.15) is 0 Å². The lowest BCUT2D eigenvalue weighted by Crippen LogP contribution is -2.43. The Morgan fingerprint density at radius 1 is 1.50 bits per heavy atom. The number of likely N-dealkylation sites (tertiary alicyclic amines) is 1. The number of nitrogens with zero attached hydrogens (tertiary/aromatic N) is 2. The number of hydrogen-bond donors (Lipinski definition) is 1. The van der Waals surface area contributed by atoms with E-state index in [9.17, 15) is 4.79 Å². The zero-order chi connectivity index (χ0) is 15.7. The summed E-state index contributed by atoms with van der Waals surface area (Å²) in [6.07, 6.45) is 0.0594. The van der Waals surface area contributed by atoms with Gasteiger partial charge in [-0.3, -0.25) is 4.79 Å². The second kappa shape index (κ2) is 6.32. The highest BCUT2D eigenvalue weighted by atomic mass is 32.1. The van der Waals surface area contributed by atoms with E-state index in [-0.39, 0.29) is 18.1 Å². The van der Waals surface area contributed by atoms with E-state index in [0.717, 1.165) is 28.3 Å². The maximum absolute atomic E-state index is 12.5. The van der Waals surface area contributed by atoms with Crippen molar-refractivity contribution < 1.29 is 9.53 Å². The molecule has 5 nitrogen and oxygen atoms in total. The molecule has 0 radical (unpaired) electrons. The van der Waals surface area contributed by atoms with Gasteiger partial charge < -0.3 is 15.0 Å². The van der Waals surface area contributed by atoms with Gasteiger partial charge >= 0.3 is 0 Å². The van der Waals surface area contributed by atoms with Gasteiger partial charge in [-0.2, -0.15) is 0 Å². The Bertz CT molecular complexity index is 685. The maximum atomic E-state index is 12.5. The van der Waals surface area contributed by atoms with Crippen molar-refractivity contribution in [2.75, 3.05) is 26.7 Å². The zero-order valence-electron chi connectivity index (χ0n) is 13.1. The van der Waals surface area contributed by atoms with Gasteiger partial charge in [0.15, 0.2) is 0 Å². The number of nitrogens with one attached hydrogen (secondary N) is 1. The summed E-state index contributed by atoms with van der Waals surface area (Å²) in [5, 5.41) is 4.12. The van der Waals surface area contributed by atoms with Gasteiger partial charge in [0.2, 0.25) is 0 Å². The highest BCUT2D eigenvalue weighted by molar-refractivity contribution is 7.18. The Kier molecular flexibility index (Phi) is 4.42. The molecule has 0 bridgehead atoms. The zero-order valence-corrected chi connectivity index (χ0v) is 13.9. The average Bonchev–Trinajstić information content (AvgIpc) is 3.00. The molecule has 1 saturated heterocycles. The number of benzene rings is 1. The minimum absolute atomic E-state index is 0.0327. The highest BCUT2D eigenvalue weighted by Gasteiger charge is 2.32. The first-order chi connectivity index (χ1) is 10.6. The molecule has 6 heteroatoms. The number of fused-ring (bicyclic) bond motifs is 1. The first kappa shape index (κ1) is 15.4. The first-order valence-electron chi connectivity index (χ1n) is 7.55. The lowest BCUT2D eigenvalue weighted by molar-refractivity contribution is 0.0513. The predicted octanol–water partition coefficient (Wildman–Crippen LogP) is 2.05. The molecule has 2 aromatic rings. The van der Waals surface area contributed by atoms with Crippen LogP contribution in [0.5, 0.6) is 0 Å². The number of hydrogen-bond acceptors (Lipinski definition) is 5. The molecule has 1 aromatic carbocycles. The quantitative estimate of drug-likeness (QED) is 0.937. The normalized spacial score (nSPS) is 22.3. The number of aryl methyl sites for hydroxylation is 1. The summed E-state index contributed by atoms with van der Waals surface area (Å²) in [6, 6.07) is 5.73. The number of likely N-dealkylation sites (N-methyl/N-ethyl adjacent to an activating group) is 1. The Labute approximate surface area is 134 Å². The minimum atomic E-state index is -0.0578. The number of aromatic nitrogens is 1. The van der Waals surface area contributed by atoms with Crippen LogP contribution >= 0.6 is 11.3 Å². The average molecular weight is 319 g/mol. The van der Waals surface area contributed by atoms with E-state index in [1.54, 1.807) is 11.3 Å². The van der Waals surface area contributed by atoms with Crippen molar-refractivity contribution in [1.29, 1.82) is 0 Å². The number of thiazole rings is 1. The molecular formula is C16H21N3O2S. The van der Waals surface area contributed by atoms with E-state index < -0.39 is 0 Å². The summed E-state index contributed by atoms with van der Waals surface area (Å²) in [5.74, 6) is -0.0578. The van der Waals surface area contributed by atoms with Gasteiger partial charge in [-0.25, -0.2) is 4.98 Å². The Hall–Kier alpha value is -1.50. The van der Waals surface area contributed by atoms with Gasteiger partial charge in [-0.15, -0.1) is 11.3 Å². The van der Waals surface area contributed by atoms with Gasteiger partial charge in [0.25, 0.3) is 5.91 Å². The summed E-state index contributed by atoms with van der Waals surface area (Å²) < 4.78 is 6.84. The highest BCUT2D eigenvalue weighted by Crippen LogP contribution is 2.22. The van der Waals surface area contributed by atoms with Crippen molar-refractivity contribution in [3.05, 3.63) is 28.8 Å². The topological polar surface area (TPSA) is 54.5 Å². The smallest absolute Gasteiger partial charge is 0.251 e. The second-order valence-corrected chi connectivity index (χ2v) is 6.95. The molecule has 1 fully saturated rings. The molecule has 118 valence electrons. The van der Waals surface area contributed by atoms with Gasteiger partial charge in [0, 0.05) is 25.3 Å². The fourth-order valence-electron chi connectivity index (χ4n) is 2.92. The third-order valence-electron chi connectivity index (χ3n) is 3.90. The molecule has 1 aliphatic rings. The largest absolute Gasteiger partial charge is 0.375 e. The van der Waals surface area contributed by atoms with E-state index in [0.29, 0.717) is 12.2 Å². The van der Waals surface area contributed by atoms with Crippen molar-refractivity contribution in [3.8, 4) is 0 Å². The summed E-state index contributed by atoms with van der Waals surface area (Å²) in [4.78, 5) is 19.1. The summed E-state index contributed by atoms with van der Waals surface area (Å²) in [5.41, 5.74) is 1.54. The van der Waals surface area contributed by atoms with E-state index in [2.05, 4.69) is 15.2 Å². The number of rotatable bonds is 4. The molecular weight excluding hydrogens is 298 g/mol. The molecule has 1 amide bonds. The Morgan fingerprint density at radius 3 is 3.09 bits per heavy atom. The van der Waals surface area contributed by atoms with Crippen molar-refractivity contribution in [3.63, 3.8) is 0 Å². The molecule has 3 rings (SSSR count). The Balaban J connectivity index is 1.74. The molecule has 2 heterocycles. The van der Waals surface area contributed by atoms with Crippen LogP contribution in [0.2, 0.25) is 0 Å². The number of carbonyl (C=O) groups excluding carboxylic acids is 1. The fourth-order valence-corrected chi connectivity index (χ4v) is 3.73. The van der Waals surface area contributed by atoms with E-state index >= 15 is 0 Å². The van der Waals surface area contributed by atoms with Gasteiger partial charge in [-0.1, -0.05) is 0 Å².